The second-order valence-electron chi connectivity index (χ2n) is 5.19. The minimum absolute atomic E-state index is 0. The first-order valence-corrected chi connectivity index (χ1v) is 10.3. The fraction of sp³-hybridized carbons (Fsp3) is 1.00. The number of hydrogen-bond donors (Lipinski definition) is 1. The van der Waals surface area contributed by atoms with Crippen LogP contribution in [0, 0.1) is 0 Å². The van der Waals surface area contributed by atoms with Crippen molar-refractivity contribution in [2.45, 2.75) is 85.0 Å². The summed E-state index contributed by atoms with van der Waals surface area (Å²) in [5.41, 5.74) is 0. The predicted molar refractivity (Wildman–Crippen MR) is 93.7 cm³/mol. The third-order valence-corrected chi connectivity index (χ3v) is 2.84. The van der Waals surface area contributed by atoms with Gasteiger partial charge in [-0.05, 0) is 20.3 Å². The number of hydrogen-bond acceptors (Lipinski definition) is 8. The molecule has 0 aliphatic heterocycles. The quantitative estimate of drug-likeness (QED) is 0.0792. The van der Waals surface area contributed by atoms with Gasteiger partial charge in [0, 0.05) is 17.0 Å². The van der Waals surface area contributed by atoms with Crippen LogP contribution >= 0.6 is 0 Å². The SMILES string of the molecule is CCCCCCCCCCCCO.CCOOOCC.O=S(=O)([O-])[O-].[Na+].[Na+]. The zero-order chi connectivity index (χ0) is 19.8. The summed E-state index contributed by atoms with van der Waals surface area (Å²) >= 11 is 0. The van der Waals surface area contributed by atoms with Crippen molar-refractivity contribution in [1.82, 2.24) is 0 Å². The van der Waals surface area contributed by atoms with Gasteiger partial charge in [0.05, 0.1) is 13.2 Å². The van der Waals surface area contributed by atoms with E-state index in [0.29, 0.717) is 19.8 Å². The van der Waals surface area contributed by atoms with Crippen LogP contribution in [0.5, 0.6) is 0 Å². The molecular weight excluding hydrogens is 398 g/mol. The fourth-order valence-electron chi connectivity index (χ4n) is 1.73. The number of rotatable bonds is 14. The van der Waals surface area contributed by atoms with Crippen molar-refractivity contribution < 1.29 is 96.6 Å². The minimum atomic E-state index is -5.17. The average molecular weight is 435 g/mol. The molecule has 0 aromatic carbocycles. The van der Waals surface area contributed by atoms with Gasteiger partial charge in [-0.1, -0.05) is 69.7 Å². The first-order valence-electron chi connectivity index (χ1n) is 9.01. The Bertz CT molecular complexity index is 298. The summed E-state index contributed by atoms with van der Waals surface area (Å²) in [6.07, 6.45) is 13.3. The van der Waals surface area contributed by atoms with Crippen LogP contribution in [0.25, 0.3) is 0 Å². The summed E-state index contributed by atoms with van der Waals surface area (Å²) in [7, 11) is -5.17. The van der Waals surface area contributed by atoms with E-state index in [9.17, 15) is 0 Å². The molecule has 0 aliphatic carbocycles. The van der Waals surface area contributed by atoms with Gasteiger partial charge in [0.2, 0.25) is 0 Å². The van der Waals surface area contributed by atoms with Crippen LogP contribution in [-0.4, -0.2) is 42.5 Å². The topological polar surface area (TPSA) is 128 Å². The molecule has 0 saturated heterocycles. The molecule has 11 heteroatoms. The molecular formula is C16H36Na2O8S. The van der Waals surface area contributed by atoms with E-state index in [-0.39, 0.29) is 59.1 Å². The Labute approximate surface area is 210 Å². The Balaban J connectivity index is -0.0000000982. The van der Waals surface area contributed by atoms with Gasteiger partial charge in [-0.2, -0.15) is 0 Å². The standard InChI is InChI=1S/C12H26O.C4H10O3.2Na.H2O4S/c1-2-3-4-5-6-7-8-9-10-11-12-13;1-3-5-7-6-4-2;;;1-5(2,3)4/h13H,2-12H2,1H3;3-4H2,1-2H3;;;(H2,1,2,3,4)/q;;2*+1;/p-2. The van der Waals surface area contributed by atoms with E-state index in [2.05, 4.69) is 21.7 Å². The molecule has 0 heterocycles. The molecule has 0 atom stereocenters. The molecule has 0 fully saturated rings. The molecule has 0 radical (unpaired) electrons. The van der Waals surface area contributed by atoms with Crippen molar-refractivity contribution in [3.05, 3.63) is 0 Å². The first kappa shape index (κ1) is 39.2. The molecule has 0 aromatic rings. The van der Waals surface area contributed by atoms with Gasteiger partial charge < -0.3 is 14.2 Å². The van der Waals surface area contributed by atoms with Crippen LogP contribution in [-0.2, 0) is 25.2 Å². The Kier molecular flexibility index (Phi) is 51.1. The van der Waals surface area contributed by atoms with Crippen LogP contribution in [0.15, 0.2) is 0 Å². The van der Waals surface area contributed by atoms with Gasteiger partial charge in [-0.3, -0.25) is 8.42 Å². The summed E-state index contributed by atoms with van der Waals surface area (Å²) < 4.78 is 34.1. The zero-order valence-electron chi connectivity index (χ0n) is 17.9. The van der Waals surface area contributed by atoms with Gasteiger partial charge in [0.15, 0.2) is 0 Å². The van der Waals surface area contributed by atoms with Crippen molar-refractivity contribution in [1.29, 1.82) is 0 Å². The second-order valence-corrected chi connectivity index (χ2v) is 6.01. The summed E-state index contributed by atoms with van der Waals surface area (Å²) in [5.74, 6) is 0. The summed E-state index contributed by atoms with van der Waals surface area (Å²) in [5, 5.41) is 12.7. The predicted octanol–water partition coefficient (Wildman–Crippen LogP) is -2.52. The summed E-state index contributed by atoms with van der Waals surface area (Å²) in [6, 6.07) is 0. The molecule has 8 nitrogen and oxygen atoms in total. The minimum Gasteiger partial charge on any atom is -0.759 e. The molecule has 0 spiro atoms. The van der Waals surface area contributed by atoms with E-state index in [0.717, 1.165) is 6.42 Å². The smallest absolute Gasteiger partial charge is 0.759 e. The molecule has 0 unspecified atom stereocenters. The van der Waals surface area contributed by atoms with E-state index < -0.39 is 10.4 Å². The van der Waals surface area contributed by atoms with Crippen molar-refractivity contribution in [2.24, 2.45) is 0 Å². The van der Waals surface area contributed by atoms with E-state index >= 15 is 0 Å². The van der Waals surface area contributed by atoms with E-state index in [1.54, 1.807) is 0 Å². The van der Waals surface area contributed by atoms with Crippen molar-refractivity contribution in [3.8, 4) is 0 Å². The molecule has 0 saturated carbocycles. The largest absolute Gasteiger partial charge is 1.00 e. The van der Waals surface area contributed by atoms with E-state index in [1.807, 2.05) is 13.8 Å². The zero-order valence-corrected chi connectivity index (χ0v) is 22.7. The molecule has 0 aromatic heterocycles. The second kappa shape index (κ2) is 35.2. The monoisotopic (exact) mass is 434 g/mol. The van der Waals surface area contributed by atoms with Crippen molar-refractivity contribution >= 4 is 10.4 Å². The number of aliphatic hydroxyl groups excluding tert-OH is 1. The molecule has 0 aliphatic rings. The Morgan fingerprint density at radius 2 is 1.00 bits per heavy atom. The number of aliphatic hydroxyl groups is 1. The van der Waals surface area contributed by atoms with Crippen LogP contribution in [0.3, 0.4) is 0 Å². The Hall–Kier alpha value is 1.71. The summed E-state index contributed by atoms with van der Waals surface area (Å²) in [4.78, 5) is 8.70. The summed E-state index contributed by atoms with van der Waals surface area (Å²) in [6.45, 7) is 7.30. The van der Waals surface area contributed by atoms with Crippen molar-refractivity contribution in [2.75, 3.05) is 19.8 Å². The molecule has 0 rings (SSSR count). The third kappa shape index (κ3) is 74.2. The fourth-order valence-corrected chi connectivity index (χ4v) is 1.73. The van der Waals surface area contributed by atoms with E-state index in [1.165, 1.54) is 57.8 Å². The van der Waals surface area contributed by atoms with Gasteiger partial charge >= 0.3 is 59.1 Å². The molecule has 156 valence electrons. The maximum atomic E-state index is 8.57. The van der Waals surface area contributed by atoms with Crippen LogP contribution in [0.2, 0.25) is 0 Å². The van der Waals surface area contributed by atoms with Crippen LogP contribution in [0.4, 0.5) is 0 Å². The Morgan fingerprint density at radius 1 is 0.704 bits per heavy atom. The molecule has 0 amide bonds. The third-order valence-electron chi connectivity index (χ3n) is 2.84. The number of unbranched alkanes of at least 4 members (excludes halogenated alkanes) is 9. The molecule has 1 N–H and O–H groups in total. The maximum Gasteiger partial charge on any atom is 1.00 e. The Morgan fingerprint density at radius 3 is 1.26 bits per heavy atom. The van der Waals surface area contributed by atoms with E-state index in [4.69, 9.17) is 22.6 Å². The van der Waals surface area contributed by atoms with Crippen LogP contribution < -0.4 is 59.1 Å². The average Bonchev–Trinajstić information content (AvgIpc) is 2.53. The first-order chi connectivity index (χ1) is 11.8. The molecule has 27 heavy (non-hydrogen) atoms. The van der Waals surface area contributed by atoms with Crippen LogP contribution in [0.1, 0.15) is 85.0 Å². The van der Waals surface area contributed by atoms with Gasteiger partial charge in [0.25, 0.3) is 0 Å². The maximum absolute atomic E-state index is 8.57. The van der Waals surface area contributed by atoms with Gasteiger partial charge in [-0.15, -0.1) is 0 Å². The van der Waals surface area contributed by atoms with Crippen molar-refractivity contribution in [3.63, 3.8) is 0 Å². The van der Waals surface area contributed by atoms with Gasteiger partial charge in [-0.25, -0.2) is 9.78 Å². The molecule has 0 bridgehead atoms. The van der Waals surface area contributed by atoms with Gasteiger partial charge in [0.1, 0.15) is 0 Å². The normalized spacial score (nSPS) is 9.70.